The molecule has 1 saturated heterocycles. The van der Waals surface area contributed by atoms with Gasteiger partial charge >= 0.3 is 6.09 Å². The molecule has 9 heteroatoms. The number of hydrogen-bond acceptors (Lipinski definition) is 5. The lowest BCUT2D eigenvalue weighted by Gasteiger charge is -2.34. The van der Waals surface area contributed by atoms with Crippen LogP contribution in [0.1, 0.15) is 34.3 Å². The number of carbonyl (C=O) groups excluding carboxylic acids is 1. The molecule has 1 aromatic heterocycles. The highest BCUT2D eigenvalue weighted by molar-refractivity contribution is 5.85. The maximum absolute atomic E-state index is 13.3. The van der Waals surface area contributed by atoms with Crippen molar-refractivity contribution in [2.75, 3.05) is 26.2 Å². The average Bonchev–Trinajstić information content (AvgIpc) is 3.50. The van der Waals surface area contributed by atoms with Crippen LogP contribution in [0.15, 0.2) is 85.1 Å². The van der Waals surface area contributed by atoms with Gasteiger partial charge in [0.15, 0.2) is 0 Å². The topological polar surface area (TPSA) is 72.3 Å². The van der Waals surface area contributed by atoms with Crippen molar-refractivity contribution in [2.24, 2.45) is 0 Å². The van der Waals surface area contributed by atoms with Gasteiger partial charge in [-0.05, 0) is 27.8 Å². The minimum absolute atomic E-state index is 0. The van der Waals surface area contributed by atoms with E-state index in [1.165, 1.54) is 22.3 Å². The predicted molar refractivity (Wildman–Crippen MR) is 147 cm³/mol. The Balaban J connectivity index is 0.00000160. The van der Waals surface area contributed by atoms with E-state index in [2.05, 4.69) is 64.2 Å². The zero-order valence-corrected chi connectivity index (χ0v) is 21.8. The summed E-state index contributed by atoms with van der Waals surface area (Å²) in [6.45, 7) is 2.85. The van der Waals surface area contributed by atoms with Crippen LogP contribution in [0.25, 0.3) is 11.1 Å². The maximum atomic E-state index is 13.3. The third-order valence-corrected chi connectivity index (χ3v) is 6.90. The number of ether oxygens (including phenoxy) is 1. The van der Waals surface area contributed by atoms with Crippen LogP contribution in [0, 0.1) is 0 Å². The molecule has 2 aliphatic rings. The Morgan fingerprint density at radius 2 is 1.57 bits per heavy atom. The molecule has 1 fully saturated rings. The largest absolute Gasteiger partial charge is 0.448 e. The smallest absolute Gasteiger partial charge is 0.410 e. The highest BCUT2D eigenvalue weighted by Gasteiger charge is 2.33. The Bertz CT molecular complexity index is 1300. The molecule has 1 amide bonds. The minimum Gasteiger partial charge on any atom is -0.448 e. The van der Waals surface area contributed by atoms with Crippen LogP contribution in [-0.2, 0) is 11.3 Å². The summed E-state index contributed by atoms with van der Waals surface area (Å²) in [6.07, 6.45) is 1.62. The van der Waals surface area contributed by atoms with Gasteiger partial charge < -0.3 is 10.1 Å². The van der Waals surface area contributed by atoms with E-state index in [1.807, 2.05) is 41.2 Å². The second kappa shape index (κ2) is 11.8. The van der Waals surface area contributed by atoms with Crippen LogP contribution in [0.2, 0.25) is 0 Å². The van der Waals surface area contributed by atoms with Gasteiger partial charge in [0.2, 0.25) is 0 Å². The third kappa shape index (κ3) is 5.34. The molecule has 2 heterocycles. The average molecular weight is 538 g/mol. The van der Waals surface area contributed by atoms with E-state index in [-0.39, 0.29) is 42.9 Å². The third-order valence-electron chi connectivity index (χ3n) is 6.90. The molecule has 192 valence electrons. The predicted octanol–water partition coefficient (Wildman–Crippen LogP) is 5.07. The Labute approximate surface area is 228 Å². The van der Waals surface area contributed by atoms with Gasteiger partial charge in [-0.15, -0.1) is 29.9 Å². The summed E-state index contributed by atoms with van der Waals surface area (Å²) < 4.78 is 7.75. The number of benzene rings is 3. The van der Waals surface area contributed by atoms with E-state index in [1.54, 1.807) is 4.90 Å². The molecule has 0 radical (unpaired) electrons. The van der Waals surface area contributed by atoms with Crippen molar-refractivity contribution in [2.45, 2.75) is 18.5 Å². The first-order valence-corrected chi connectivity index (χ1v) is 12.0. The summed E-state index contributed by atoms with van der Waals surface area (Å²) in [7, 11) is 0. The molecular weight excluding hydrogens is 509 g/mol. The normalized spacial score (nSPS) is 16.2. The SMILES string of the molecule is Cl.Cl.O=C(OCC1c2ccccc2-c2ccccc21)N1CCNCC1c1cn(Cc2ccccc2)nn1. The van der Waals surface area contributed by atoms with Gasteiger partial charge in [0.1, 0.15) is 12.3 Å². The van der Waals surface area contributed by atoms with E-state index >= 15 is 0 Å². The maximum Gasteiger partial charge on any atom is 0.410 e. The Kier molecular flexibility index (Phi) is 8.48. The lowest BCUT2D eigenvalue weighted by molar-refractivity contribution is 0.0743. The summed E-state index contributed by atoms with van der Waals surface area (Å²) in [6, 6.07) is 26.7. The second-order valence-electron chi connectivity index (χ2n) is 9.04. The quantitative estimate of drug-likeness (QED) is 0.385. The van der Waals surface area contributed by atoms with Crippen molar-refractivity contribution in [3.05, 3.63) is 107 Å². The zero-order chi connectivity index (χ0) is 23.6. The molecule has 3 aromatic carbocycles. The van der Waals surface area contributed by atoms with Crippen LogP contribution >= 0.6 is 24.8 Å². The lowest BCUT2D eigenvalue weighted by Crippen LogP contribution is -2.49. The molecule has 0 saturated carbocycles. The second-order valence-corrected chi connectivity index (χ2v) is 9.04. The van der Waals surface area contributed by atoms with Crippen molar-refractivity contribution in [1.29, 1.82) is 0 Å². The Morgan fingerprint density at radius 1 is 0.919 bits per heavy atom. The molecule has 1 aliphatic carbocycles. The van der Waals surface area contributed by atoms with Crippen molar-refractivity contribution in [3.8, 4) is 11.1 Å². The number of fused-ring (bicyclic) bond motifs is 3. The van der Waals surface area contributed by atoms with Crippen molar-refractivity contribution >= 4 is 30.9 Å². The summed E-state index contributed by atoms with van der Waals surface area (Å²) in [5.41, 5.74) is 6.78. The molecule has 0 spiro atoms. The number of halogens is 2. The first-order chi connectivity index (χ1) is 17.3. The summed E-state index contributed by atoms with van der Waals surface area (Å²) in [5, 5.41) is 12.1. The fourth-order valence-corrected chi connectivity index (χ4v) is 5.18. The van der Waals surface area contributed by atoms with Gasteiger partial charge in [0.05, 0.1) is 18.8 Å². The molecule has 6 rings (SSSR count). The van der Waals surface area contributed by atoms with Crippen molar-refractivity contribution < 1.29 is 9.53 Å². The minimum atomic E-state index is -0.309. The highest BCUT2D eigenvalue weighted by Crippen LogP contribution is 2.44. The molecule has 0 bridgehead atoms. The number of nitrogens with one attached hydrogen (secondary N) is 1. The number of hydrogen-bond donors (Lipinski definition) is 1. The van der Waals surface area contributed by atoms with Crippen molar-refractivity contribution in [3.63, 3.8) is 0 Å². The molecule has 1 unspecified atom stereocenters. The first kappa shape index (κ1) is 26.7. The van der Waals surface area contributed by atoms with Gasteiger partial charge in [0.25, 0.3) is 0 Å². The Hall–Kier alpha value is -3.39. The lowest BCUT2D eigenvalue weighted by atomic mass is 9.98. The summed E-state index contributed by atoms with van der Waals surface area (Å²) >= 11 is 0. The van der Waals surface area contributed by atoms with Gasteiger partial charge in [-0.1, -0.05) is 84.1 Å². The molecule has 7 nitrogen and oxygen atoms in total. The van der Waals surface area contributed by atoms with Crippen LogP contribution in [0.5, 0.6) is 0 Å². The number of piperazine rings is 1. The monoisotopic (exact) mass is 537 g/mol. The van der Waals surface area contributed by atoms with E-state index in [0.717, 1.165) is 17.8 Å². The molecule has 1 aliphatic heterocycles. The van der Waals surface area contributed by atoms with E-state index < -0.39 is 0 Å². The molecular formula is C28H29Cl2N5O2. The van der Waals surface area contributed by atoms with Crippen LogP contribution in [-0.4, -0.2) is 52.2 Å². The number of nitrogens with zero attached hydrogens (tertiary/aromatic N) is 4. The number of carbonyl (C=O) groups is 1. The number of rotatable bonds is 5. The molecule has 1 atom stereocenters. The highest BCUT2D eigenvalue weighted by atomic mass is 35.5. The zero-order valence-electron chi connectivity index (χ0n) is 20.2. The van der Waals surface area contributed by atoms with Crippen LogP contribution in [0.4, 0.5) is 4.79 Å². The molecule has 1 N–H and O–H groups in total. The first-order valence-electron chi connectivity index (χ1n) is 12.0. The van der Waals surface area contributed by atoms with Gasteiger partial charge in [0, 0.05) is 25.6 Å². The fourth-order valence-electron chi connectivity index (χ4n) is 5.18. The fraction of sp³-hybridized carbons (Fsp3) is 0.250. The van der Waals surface area contributed by atoms with Gasteiger partial charge in [-0.2, -0.15) is 0 Å². The van der Waals surface area contributed by atoms with Crippen LogP contribution < -0.4 is 5.32 Å². The van der Waals surface area contributed by atoms with Crippen LogP contribution in [0.3, 0.4) is 0 Å². The van der Waals surface area contributed by atoms with E-state index in [0.29, 0.717) is 26.2 Å². The Morgan fingerprint density at radius 3 is 2.27 bits per heavy atom. The summed E-state index contributed by atoms with van der Waals surface area (Å²) in [5.74, 6) is 0.0412. The van der Waals surface area contributed by atoms with E-state index in [4.69, 9.17) is 4.74 Å². The van der Waals surface area contributed by atoms with E-state index in [9.17, 15) is 4.79 Å². The number of aromatic nitrogens is 3. The van der Waals surface area contributed by atoms with Gasteiger partial charge in [-0.25, -0.2) is 9.48 Å². The molecule has 4 aromatic rings. The van der Waals surface area contributed by atoms with Crippen molar-refractivity contribution in [1.82, 2.24) is 25.2 Å². The van der Waals surface area contributed by atoms with Gasteiger partial charge in [-0.3, -0.25) is 4.90 Å². The number of amides is 1. The summed E-state index contributed by atoms with van der Waals surface area (Å²) in [4.78, 5) is 15.1. The molecule has 37 heavy (non-hydrogen) atoms. The standard InChI is InChI=1S/C28H27N5O2.2ClH/c34-28(35-19-25-23-12-6-4-10-21(23)22-11-5-7-13-24(22)25)33-15-14-29-16-27(33)26-18-32(31-30-26)17-20-8-2-1-3-9-20;;/h1-13,18,25,27,29H,14-17,19H2;2*1H.